The molecule has 0 aliphatic rings. The first-order valence-corrected chi connectivity index (χ1v) is 7.73. The van der Waals surface area contributed by atoms with Crippen molar-refractivity contribution < 1.29 is 14.3 Å². The summed E-state index contributed by atoms with van der Waals surface area (Å²) in [5.74, 6) is 1.37. The first-order valence-electron chi connectivity index (χ1n) is 7.73. The van der Waals surface area contributed by atoms with E-state index < -0.39 is 6.04 Å². The quantitative estimate of drug-likeness (QED) is 0.676. The fourth-order valence-electron chi connectivity index (χ4n) is 2.73. The molecule has 1 heterocycles. The van der Waals surface area contributed by atoms with Gasteiger partial charge in [0.2, 0.25) is 0 Å². The van der Waals surface area contributed by atoms with Crippen molar-refractivity contribution in [2.75, 3.05) is 19.5 Å². The summed E-state index contributed by atoms with van der Waals surface area (Å²) < 4.78 is 10.6. The number of benzene rings is 2. The molecule has 0 amide bonds. The minimum atomic E-state index is -0.412. The van der Waals surface area contributed by atoms with Crippen LogP contribution in [0.25, 0.3) is 10.9 Å². The van der Waals surface area contributed by atoms with E-state index in [0.717, 1.165) is 16.6 Å². The van der Waals surface area contributed by atoms with E-state index in [0.29, 0.717) is 17.1 Å². The average molecular weight is 324 g/mol. The number of rotatable bonds is 6. The van der Waals surface area contributed by atoms with E-state index in [1.54, 1.807) is 20.4 Å². The molecule has 2 aromatic carbocycles. The van der Waals surface area contributed by atoms with Gasteiger partial charge in [0.1, 0.15) is 11.5 Å². The molecule has 5 nitrogen and oxygen atoms in total. The molecule has 0 saturated carbocycles. The Morgan fingerprint density at radius 1 is 1.12 bits per heavy atom. The zero-order valence-corrected chi connectivity index (χ0v) is 13.9. The number of ketones is 1. The maximum atomic E-state index is 12.8. The normalized spacial score (nSPS) is 12.0. The van der Waals surface area contributed by atoms with E-state index in [4.69, 9.17) is 9.47 Å². The summed E-state index contributed by atoms with van der Waals surface area (Å²) in [5.41, 5.74) is 2.34. The van der Waals surface area contributed by atoms with Crippen LogP contribution in [0.5, 0.6) is 11.5 Å². The van der Waals surface area contributed by atoms with Gasteiger partial charge in [0.25, 0.3) is 0 Å². The van der Waals surface area contributed by atoms with Gasteiger partial charge < -0.3 is 19.8 Å². The van der Waals surface area contributed by atoms with Crippen LogP contribution in [0.4, 0.5) is 5.69 Å². The third-order valence-electron chi connectivity index (χ3n) is 4.03. The molecule has 3 aromatic rings. The molecule has 0 radical (unpaired) electrons. The van der Waals surface area contributed by atoms with Crippen molar-refractivity contribution >= 4 is 22.4 Å². The first kappa shape index (κ1) is 15.9. The Morgan fingerprint density at radius 3 is 2.67 bits per heavy atom. The second-order valence-corrected chi connectivity index (χ2v) is 5.54. The van der Waals surface area contributed by atoms with E-state index in [-0.39, 0.29) is 5.78 Å². The summed E-state index contributed by atoms with van der Waals surface area (Å²) in [7, 11) is 3.20. The van der Waals surface area contributed by atoms with Crippen LogP contribution in [-0.2, 0) is 0 Å². The molecule has 24 heavy (non-hydrogen) atoms. The van der Waals surface area contributed by atoms with Crippen LogP contribution < -0.4 is 14.8 Å². The Hall–Kier alpha value is -2.95. The number of nitrogens with one attached hydrogen (secondary N) is 2. The highest BCUT2D eigenvalue weighted by Crippen LogP contribution is 2.30. The summed E-state index contributed by atoms with van der Waals surface area (Å²) in [6.07, 6.45) is 1.76. The van der Waals surface area contributed by atoms with Crippen molar-refractivity contribution in [2.45, 2.75) is 13.0 Å². The van der Waals surface area contributed by atoms with Gasteiger partial charge in [-0.2, -0.15) is 0 Å². The number of aromatic amines is 1. The Kier molecular flexibility index (Phi) is 4.42. The van der Waals surface area contributed by atoms with Crippen LogP contribution in [0.3, 0.4) is 0 Å². The number of hydrogen-bond donors (Lipinski definition) is 2. The minimum Gasteiger partial charge on any atom is -0.497 e. The number of Topliss-reactive ketones (excluding diaryl/α,β-unsaturated/α-hetero) is 1. The first-order chi connectivity index (χ1) is 11.6. The number of carbonyl (C=O) groups excluding carboxylic acids is 1. The maximum absolute atomic E-state index is 12.8. The van der Waals surface area contributed by atoms with Crippen LogP contribution in [-0.4, -0.2) is 31.0 Å². The average Bonchev–Trinajstić information content (AvgIpc) is 3.05. The number of H-pyrrole nitrogens is 1. The van der Waals surface area contributed by atoms with Crippen LogP contribution in [0.15, 0.2) is 48.7 Å². The lowest BCUT2D eigenvalue weighted by atomic mass is 10.0. The SMILES string of the molecule is COc1ccc(OC)c(N[C@@H](C)C(=O)c2c[nH]c3ccccc23)c1. The molecular weight excluding hydrogens is 304 g/mol. The van der Waals surface area contributed by atoms with Crippen LogP contribution in [0.2, 0.25) is 0 Å². The van der Waals surface area contributed by atoms with E-state index >= 15 is 0 Å². The molecule has 2 N–H and O–H groups in total. The number of methoxy groups -OCH3 is 2. The third-order valence-corrected chi connectivity index (χ3v) is 4.03. The zero-order valence-electron chi connectivity index (χ0n) is 13.9. The molecule has 124 valence electrons. The topological polar surface area (TPSA) is 63.4 Å². The van der Waals surface area contributed by atoms with Gasteiger partial charge in [0.05, 0.1) is 25.9 Å². The summed E-state index contributed by atoms with van der Waals surface area (Å²) in [5, 5.41) is 4.15. The van der Waals surface area contributed by atoms with Crippen LogP contribution in [0.1, 0.15) is 17.3 Å². The van der Waals surface area contributed by atoms with Crippen molar-refractivity contribution in [1.29, 1.82) is 0 Å². The number of anilines is 1. The number of ether oxygens (including phenoxy) is 2. The molecule has 1 atom stereocenters. The summed E-state index contributed by atoms with van der Waals surface area (Å²) in [6.45, 7) is 1.84. The highest BCUT2D eigenvalue weighted by molar-refractivity contribution is 6.11. The lowest BCUT2D eigenvalue weighted by Gasteiger charge is -2.17. The second-order valence-electron chi connectivity index (χ2n) is 5.54. The Labute approximate surface area is 140 Å². The molecule has 0 fully saturated rings. The van der Waals surface area contributed by atoms with E-state index in [1.165, 1.54) is 0 Å². The van der Waals surface area contributed by atoms with Gasteiger partial charge in [-0.15, -0.1) is 0 Å². The summed E-state index contributed by atoms with van der Waals surface area (Å²) >= 11 is 0. The lowest BCUT2D eigenvalue weighted by Crippen LogP contribution is -2.26. The van der Waals surface area contributed by atoms with Gasteiger partial charge in [-0.05, 0) is 25.1 Å². The van der Waals surface area contributed by atoms with Crippen molar-refractivity contribution in [3.05, 3.63) is 54.2 Å². The van der Waals surface area contributed by atoms with E-state index in [1.807, 2.05) is 49.4 Å². The Bertz CT molecular complexity index is 870. The van der Waals surface area contributed by atoms with Gasteiger partial charge in [-0.25, -0.2) is 0 Å². The molecule has 5 heteroatoms. The molecule has 0 spiro atoms. The van der Waals surface area contributed by atoms with Gasteiger partial charge in [-0.3, -0.25) is 4.79 Å². The molecular formula is C19H20N2O3. The van der Waals surface area contributed by atoms with Crippen molar-refractivity contribution in [3.8, 4) is 11.5 Å². The number of hydrogen-bond acceptors (Lipinski definition) is 4. The fraction of sp³-hybridized carbons (Fsp3) is 0.211. The molecule has 1 aromatic heterocycles. The minimum absolute atomic E-state index is 0.0114. The number of carbonyl (C=O) groups is 1. The predicted molar refractivity (Wildman–Crippen MR) is 95.3 cm³/mol. The van der Waals surface area contributed by atoms with Gasteiger partial charge in [0, 0.05) is 28.7 Å². The zero-order chi connectivity index (χ0) is 17.1. The smallest absolute Gasteiger partial charge is 0.186 e. The lowest BCUT2D eigenvalue weighted by molar-refractivity contribution is 0.0977. The highest BCUT2D eigenvalue weighted by Gasteiger charge is 2.20. The fourth-order valence-corrected chi connectivity index (χ4v) is 2.73. The molecule has 0 unspecified atom stereocenters. The summed E-state index contributed by atoms with van der Waals surface area (Å²) in [4.78, 5) is 16.0. The number of fused-ring (bicyclic) bond motifs is 1. The van der Waals surface area contributed by atoms with Gasteiger partial charge >= 0.3 is 0 Å². The van der Waals surface area contributed by atoms with Crippen molar-refractivity contribution in [2.24, 2.45) is 0 Å². The highest BCUT2D eigenvalue weighted by atomic mass is 16.5. The van der Waals surface area contributed by atoms with Crippen molar-refractivity contribution in [1.82, 2.24) is 4.98 Å². The second kappa shape index (κ2) is 6.66. The molecule has 0 saturated heterocycles. The summed E-state index contributed by atoms with van der Waals surface area (Å²) in [6, 6.07) is 12.8. The number of para-hydroxylation sites is 1. The molecule has 0 bridgehead atoms. The monoisotopic (exact) mass is 324 g/mol. The van der Waals surface area contributed by atoms with Crippen LogP contribution in [0, 0.1) is 0 Å². The predicted octanol–water partition coefficient (Wildman–Crippen LogP) is 3.87. The van der Waals surface area contributed by atoms with Gasteiger partial charge in [-0.1, -0.05) is 18.2 Å². The Balaban J connectivity index is 1.87. The van der Waals surface area contributed by atoms with Gasteiger partial charge in [0.15, 0.2) is 5.78 Å². The Morgan fingerprint density at radius 2 is 1.92 bits per heavy atom. The van der Waals surface area contributed by atoms with E-state index in [2.05, 4.69) is 10.3 Å². The molecule has 0 aliphatic heterocycles. The largest absolute Gasteiger partial charge is 0.497 e. The molecule has 0 aliphatic carbocycles. The van der Waals surface area contributed by atoms with E-state index in [9.17, 15) is 4.79 Å². The number of aromatic nitrogens is 1. The third kappa shape index (κ3) is 2.93. The van der Waals surface area contributed by atoms with Crippen LogP contribution >= 0.6 is 0 Å². The maximum Gasteiger partial charge on any atom is 0.186 e. The molecule has 3 rings (SSSR count). The van der Waals surface area contributed by atoms with Crippen molar-refractivity contribution in [3.63, 3.8) is 0 Å². The standard InChI is InChI=1S/C19H20N2O3/c1-12(21-17-10-13(23-2)8-9-18(17)24-3)19(22)15-11-20-16-7-5-4-6-14(15)16/h4-12,20-21H,1-3H3/t12-/m0/s1.